The Morgan fingerprint density at radius 3 is 2.64 bits per heavy atom. The largest absolute Gasteiger partial charge is 0.404 e. The number of carbonyl (C=O) groups is 1. The highest BCUT2D eigenvalue weighted by Crippen LogP contribution is 2.26. The van der Waals surface area contributed by atoms with Crippen molar-refractivity contribution in [3.8, 4) is 0 Å². The van der Waals surface area contributed by atoms with Gasteiger partial charge < -0.3 is 10.8 Å². The lowest BCUT2D eigenvalue weighted by Crippen LogP contribution is -2.06. The number of aliphatic hydroxyl groups excluding tert-OH is 1. The van der Waals surface area contributed by atoms with Crippen molar-refractivity contribution in [3.63, 3.8) is 0 Å². The van der Waals surface area contributed by atoms with Gasteiger partial charge in [-0.1, -0.05) is 29.9 Å². The van der Waals surface area contributed by atoms with E-state index in [1.807, 2.05) is 0 Å². The smallest absolute Gasteiger partial charge is 0.196 e. The number of hydrogen-bond acceptors (Lipinski definition) is 4. The van der Waals surface area contributed by atoms with E-state index in [-0.39, 0.29) is 9.27 Å². The van der Waals surface area contributed by atoms with Gasteiger partial charge >= 0.3 is 0 Å². The number of ketones is 1. The molecule has 0 unspecified atom stereocenters. The van der Waals surface area contributed by atoms with Gasteiger partial charge in [-0.2, -0.15) is 0 Å². The Kier molecular flexibility index (Phi) is 5.02. The molecule has 0 rings (SSSR count). The fourth-order valence-corrected chi connectivity index (χ4v) is 1.12. The first kappa shape index (κ1) is 10.6. The molecule has 0 bridgehead atoms. The van der Waals surface area contributed by atoms with E-state index in [1.54, 1.807) is 0 Å². The molecule has 0 spiro atoms. The average molecular weight is 194 g/mol. The van der Waals surface area contributed by atoms with E-state index in [0.29, 0.717) is 0 Å². The third-order valence-corrected chi connectivity index (χ3v) is 1.83. The number of carbonyl (C=O) groups excluding carboxylic acids is 1. The molecule has 3 N–H and O–H groups in total. The Bertz CT molecular complexity index is 203. The summed E-state index contributed by atoms with van der Waals surface area (Å²) < 4.78 is 0.239. The maximum Gasteiger partial charge on any atom is 0.196 e. The molecule has 0 saturated heterocycles. The molecule has 0 aliphatic carbocycles. The van der Waals surface area contributed by atoms with Crippen LogP contribution < -0.4 is 5.73 Å². The van der Waals surface area contributed by atoms with Crippen molar-refractivity contribution in [1.29, 1.82) is 0 Å². The third-order valence-electron chi connectivity index (χ3n) is 0.791. The van der Waals surface area contributed by atoms with Crippen molar-refractivity contribution in [3.05, 3.63) is 22.0 Å². The second-order valence-corrected chi connectivity index (χ2v) is 3.39. The molecule has 11 heavy (non-hydrogen) atoms. The highest BCUT2D eigenvalue weighted by Gasteiger charge is 2.08. The summed E-state index contributed by atoms with van der Waals surface area (Å²) in [5, 5.41) is 8.42. The average Bonchev–Trinajstić information content (AvgIpc) is 1.98. The quantitative estimate of drug-likeness (QED) is 0.649. The number of rotatable bonds is 4. The van der Waals surface area contributed by atoms with Gasteiger partial charge in [0, 0.05) is 6.20 Å². The van der Waals surface area contributed by atoms with Crippen LogP contribution in [0.25, 0.3) is 0 Å². The number of hydrogen-bond donors (Lipinski definition) is 2. The van der Waals surface area contributed by atoms with Gasteiger partial charge in [0.05, 0.1) is 9.27 Å². The van der Waals surface area contributed by atoms with Crippen LogP contribution >= 0.6 is 23.4 Å². The van der Waals surface area contributed by atoms with Gasteiger partial charge in [0.1, 0.15) is 6.61 Å². The third kappa shape index (κ3) is 4.08. The first-order chi connectivity index (χ1) is 5.11. The van der Waals surface area contributed by atoms with Crippen LogP contribution in [0.2, 0.25) is 0 Å². The minimum atomic E-state index is -0.569. The SMILES string of the molecule is C=C(Cl)S/C(=C\N)C(=O)CO. The number of thioether (sulfide) groups is 1. The predicted molar refractivity (Wildman–Crippen MR) is 46.9 cm³/mol. The topological polar surface area (TPSA) is 63.3 Å². The fraction of sp³-hybridized carbons (Fsp3) is 0.167. The molecular weight excluding hydrogens is 186 g/mol. The molecule has 0 atom stereocenters. The molecule has 62 valence electrons. The van der Waals surface area contributed by atoms with Gasteiger partial charge in [0.15, 0.2) is 5.78 Å². The second kappa shape index (κ2) is 5.23. The Morgan fingerprint density at radius 1 is 1.82 bits per heavy atom. The van der Waals surface area contributed by atoms with Gasteiger partial charge in [0.2, 0.25) is 0 Å². The summed E-state index contributed by atoms with van der Waals surface area (Å²) in [5.74, 6) is -0.459. The van der Waals surface area contributed by atoms with Crippen molar-refractivity contribution in [2.45, 2.75) is 0 Å². The standard InChI is InChI=1S/C6H8ClNO2S/c1-4(7)11-6(2-8)5(10)3-9/h2,9H,1,3,8H2/b6-2-. The van der Waals surface area contributed by atoms with E-state index in [9.17, 15) is 4.79 Å². The molecule has 3 nitrogen and oxygen atoms in total. The Labute approximate surface area is 73.9 Å². The molecule has 0 heterocycles. The first-order valence-electron chi connectivity index (χ1n) is 2.70. The van der Waals surface area contributed by atoms with Gasteiger partial charge in [-0.3, -0.25) is 4.79 Å². The highest BCUT2D eigenvalue weighted by atomic mass is 35.5. The molecule has 0 aliphatic heterocycles. The van der Waals surface area contributed by atoms with Gasteiger partial charge in [-0.25, -0.2) is 0 Å². The van der Waals surface area contributed by atoms with E-state index in [0.717, 1.165) is 18.0 Å². The molecular formula is C6H8ClNO2S. The zero-order valence-corrected chi connectivity index (χ0v) is 7.28. The molecule has 0 radical (unpaired) electrons. The Morgan fingerprint density at radius 2 is 2.36 bits per heavy atom. The molecule has 0 aromatic rings. The summed E-state index contributed by atoms with van der Waals surface area (Å²) in [6, 6.07) is 0. The maximum atomic E-state index is 10.8. The van der Waals surface area contributed by atoms with Crippen molar-refractivity contribution in [2.24, 2.45) is 5.73 Å². The number of aliphatic hydroxyl groups is 1. The van der Waals surface area contributed by atoms with Crippen LogP contribution in [-0.4, -0.2) is 17.5 Å². The summed E-state index contributed by atoms with van der Waals surface area (Å²) in [5.41, 5.74) is 5.08. The fourth-order valence-electron chi connectivity index (χ4n) is 0.381. The van der Waals surface area contributed by atoms with E-state index in [1.165, 1.54) is 0 Å². The van der Waals surface area contributed by atoms with Crippen molar-refractivity contribution in [1.82, 2.24) is 0 Å². The number of nitrogens with two attached hydrogens (primary N) is 1. The van der Waals surface area contributed by atoms with Crippen LogP contribution in [0.4, 0.5) is 0 Å². The summed E-state index contributed by atoms with van der Waals surface area (Å²) in [6.45, 7) is 2.79. The number of Topliss-reactive ketones (excluding diaryl/α,β-unsaturated/α-hetero) is 1. The first-order valence-corrected chi connectivity index (χ1v) is 3.89. The Hall–Kier alpha value is -0.450. The van der Waals surface area contributed by atoms with Crippen LogP contribution in [-0.2, 0) is 4.79 Å². The molecule has 0 fully saturated rings. The van der Waals surface area contributed by atoms with E-state index in [2.05, 4.69) is 6.58 Å². The van der Waals surface area contributed by atoms with Crippen LogP contribution in [0.15, 0.2) is 22.0 Å². The lowest BCUT2D eigenvalue weighted by Gasteiger charge is -1.99. The van der Waals surface area contributed by atoms with E-state index < -0.39 is 12.4 Å². The normalized spacial score (nSPS) is 11.3. The Balaban J connectivity index is 4.20. The van der Waals surface area contributed by atoms with Crippen molar-refractivity contribution < 1.29 is 9.90 Å². The molecule has 5 heteroatoms. The molecule has 0 amide bonds. The van der Waals surface area contributed by atoms with E-state index >= 15 is 0 Å². The summed E-state index contributed by atoms with van der Waals surface area (Å²) in [4.78, 5) is 11.0. The molecule has 0 aliphatic rings. The lowest BCUT2D eigenvalue weighted by molar-refractivity contribution is -0.117. The van der Waals surface area contributed by atoms with E-state index in [4.69, 9.17) is 22.4 Å². The van der Waals surface area contributed by atoms with Crippen LogP contribution in [0.5, 0.6) is 0 Å². The van der Waals surface area contributed by atoms with Gasteiger partial charge in [-0.15, -0.1) is 0 Å². The van der Waals surface area contributed by atoms with Crippen LogP contribution in [0, 0.1) is 0 Å². The molecule has 0 aromatic heterocycles. The molecule has 0 saturated carbocycles. The summed E-state index contributed by atoms with van der Waals surface area (Å²) in [6.07, 6.45) is 1.09. The predicted octanol–water partition coefficient (Wildman–Crippen LogP) is 0.791. The van der Waals surface area contributed by atoms with Crippen molar-refractivity contribution >= 4 is 29.1 Å². The second-order valence-electron chi connectivity index (χ2n) is 1.57. The minimum Gasteiger partial charge on any atom is -0.404 e. The van der Waals surface area contributed by atoms with Crippen molar-refractivity contribution in [2.75, 3.05) is 6.61 Å². The number of halogens is 1. The van der Waals surface area contributed by atoms with Gasteiger partial charge in [-0.05, 0) is 0 Å². The highest BCUT2D eigenvalue weighted by molar-refractivity contribution is 8.08. The summed E-state index contributed by atoms with van der Waals surface area (Å²) >= 11 is 6.32. The minimum absolute atomic E-state index is 0.201. The summed E-state index contributed by atoms with van der Waals surface area (Å²) in [7, 11) is 0. The monoisotopic (exact) mass is 193 g/mol. The van der Waals surface area contributed by atoms with Crippen LogP contribution in [0.1, 0.15) is 0 Å². The van der Waals surface area contributed by atoms with Crippen LogP contribution in [0.3, 0.4) is 0 Å². The maximum absolute atomic E-state index is 10.8. The lowest BCUT2D eigenvalue weighted by atomic mass is 10.4. The van der Waals surface area contributed by atoms with Gasteiger partial charge in [0.25, 0.3) is 0 Å². The molecule has 0 aromatic carbocycles. The zero-order chi connectivity index (χ0) is 8.85. The zero-order valence-electron chi connectivity index (χ0n) is 5.71.